The fourth-order valence-electron chi connectivity index (χ4n) is 1.28. The number of benzene rings is 1. The van der Waals surface area contributed by atoms with Gasteiger partial charge in [-0.2, -0.15) is 0 Å². The van der Waals surface area contributed by atoms with E-state index >= 15 is 0 Å². The molecule has 0 spiro atoms. The molecule has 1 aromatic heterocycles. The molecule has 0 saturated carbocycles. The van der Waals surface area contributed by atoms with E-state index in [1.165, 1.54) is 0 Å². The predicted octanol–water partition coefficient (Wildman–Crippen LogP) is 3.43. The van der Waals surface area contributed by atoms with Gasteiger partial charge < -0.3 is 4.57 Å². The molecule has 0 N–H and O–H groups in total. The van der Waals surface area contributed by atoms with Crippen molar-refractivity contribution in [2.24, 2.45) is 12.0 Å². The molecule has 2 nitrogen and oxygen atoms in total. The molecule has 1 heterocycles. The van der Waals surface area contributed by atoms with Crippen LogP contribution in [0.4, 0.5) is 5.69 Å². The minimum absolute atomic E-state index is 0.730. The van der Waals surface area contributed by atoms with Crippen LogP contribution < -0.4 is 0 Å². The van der Waals surface area contributed by atoms with E-state index in [1.807, 2.05) is 60.6 Å². The van der Waals surface area contributed by atoms with E-state index in [2.05, 4.69) is 4.99 Å². The standard InChI is InChI=1S/C12H11ClN2/c1-15-7-6-10(9-15)8-14-12-4-2-11(13)3-5-12/h2-9H,1H3. The van der Waals surface area contributed by atoms with Crippen LogP contribution in [0.5, 0.6) is 0 Å². The zero-order chi connectivity index (χ0) is 10.7. The average molecular weight is 219 g/mol. The normalized spacial score (nSPS) is 11.1. The maximum absolute atomic E-state index is 5.78. The number of nitrogens with zero attached hydrogens (tertiary/aromatic N) is 2. The van der Waals surface area contributed by atoms with Crippen LogP contribution in [0.25, 0.3) is 0 Å². The van der Waals surface area contributed by atoms with Crippen LogP contribution in [0, 0.1) is 0 Å². The van der Waals surface area contributed by atoms with Crippen LogP contribution in [0.3, 0.4) is 0 Å². The van der Waals surface area contributed by atoms with Crippen molar-refractivity contribution in [3.8, 4) is 0 Å². The largest absolute Gasteiger partial charge is 0.357 e. The van der Waals surface area contributed by atoms with Crippen LogP contribution in [0.15, 0.2) is 47.7 Å². The fourth-order valence-corrected chi connectivity index (χ4v) is 1.40. The van der Waals surface area contributed by atoms with Gasteiger partial charge in [0.25, 0.3) is 0 Å². The molecule has 0 radical (unpaired) electrons. The number of halogens is 1. The summed E-state index contributed by atoms with van der Waals surface area (Å²) in [6, 6.07) is 9.46. The molecule has 0 unspecified atom stereocenters. The van der Waals surface area contributed by atoms with Gasteiger partial charge in [-0.25, -0.2) is 0 Å². The number of hydrogen-bond acceptors (Lipinski definition) is 1. The van der Waals surface area contributed by atoms with Gasteiger partial charge >= 0.3 is 0 Å². The molecule has 0 saturated heterocycles. The van der Waals surface area contributed by atoms with Crippen LogP contribution >= 0.6 is 11.6 Å². The molecule has 3 heteroatoms. The number of rotatable bonds is 2. The molecule has 2 rings (SSSR count). The van der Waals surface area contributed by atoms with Crippen molar-refractivity contribution in [3.05, 3.63) is 53.3 Å². The number of hydrogen-bond donors (Lipinski definition) is 0. The zero-order valence-electron chi connectivity index (χ0n) is 8.39. The second-order valence-corrected chi connectivity index (χ2v) is 3.78. The molecule has 0 aliphatic heterocycles. The van der Waals surface area contributed by atoms with E-state index in [0.717, 1.165) is 16.3 Å². The van der Waals surface area contributed by atoms with E-state index in [0.29, 0.717) is 0 Å². The molecule has 0 aliphatic carbocycles. The first-order valence-electron chi connectivity index (χ1n) is 4.66. The van der Waals surface area contributed by atoms with Gasteiger partial charge in [-0.05, 0) is 30.3 Å². The van der Waals surface area contributed by atoms with Crippen molar-refractivity contribution < 1.29 is 0 Å². The van der Waals surface area contributed by atoms with Gasteiger partial charge in [0, 0.05) is 36.2 Å². The summed E-state index contributed by atoms with van der Waals surface area (Å²) in [4.78, 5) is 4.33. The first kappa shape index (κ1) is 9.99. The Morgan fingerprint density at radius 1 is 1.20 bits per heavy atom. The highest BCUT2D eigenvalue weighted by Gasteiger charge is 1.91. The van der Waals surface area contributed by atoms with E-state index in [1.54, 1.807) is 0 Å². The molecule has 1 aromatic carbocycles. The van der Waals surface area contributed by atoms with Gasteiger partial charge in [0.15, 0.2) is 0 Å². The summed E-state index contributed by atoms with van der Waals surface area (Å²) in [6.45, 7) is 0. The Balaban J connectivity index is 2.14. The second-order valence-electron chi connectivity index (χ2n) is 3.34. The van der Waals surface area contributed by atoms with Gasteiger partial charge in [0.2, 0.25) is 0 Å². The Morgan fingerprint density at radius 2 is 1.93 bits per heavy atom. The van der Waals surface area contributed by atoms with Gasteiger partial charge in [-0.15, -0.1) is 0 Å². The Kier molecular flexibility index (Phi) is 2.88. The number of aryl methyl sites for hydroxylation is 1. The van der Waals surface area contributed by atoms with Gasteiger partial charge in [0.05, 0.1) is 5.69 Å². The van der Waals surface area contributed by atoms with Crippen LogP contribution in [-0.4, -0.2) is 10.8 Å². The van der Waals surface area contributed by atoms with E-state index in [-0.39, 0.29) is 0 Å². The summed E-state index contributed by atoms with van der Waals surface area (Å²) in [5.74, 6) is 0. The topological polar surface area (TPSA) is 17.3 Å². The summed E-state index contributed by atoms with van der Waals surface area (Å²) in [5.41, 5.74) is 2.00. The molecule has 0 bridgehead atoms. The Labute approximate surface area is 93.8 Å². The number of aromatic nitrogens is 1. The molecule has 0 amide bonds. The van der Waals surface area contributed by atoms with Crippen LogP contribution in [-0.2, 0) is 7.05 Å². The first-order chi connectivity index (χ1) is 7.24. The van der Waals surface area contributed by atoms with Crippen molar-refractivity contribution in [3.63, 3.8) is 0 Å². The molecule has 0 atom stereocenters. The lowest BCUT2D eigenvalue weighted by Crippen LogP contribution is -1.79. The second kappa shape index (κ2) is 4.32. The molecule has 2 aromatic rings. The highest BCUT2D eigenvalue weighted by atomic mass is 35.5. The third-order valence-corrected chi connectivity index (χ3v) is 2.30. The maximum Gasteiger partial charge on any atom is 0.0630 e. The van der Waals surface area contributed by atoms with Crippen molar-refractivity contribution in [1.82, 2.24) is 4.57 Å². The first-order valence-corrected chi connectivity index (χ1v) is 5.03. The zero-order valence-corrected chi connectivity index (χ0v) is 9.15. The molecular formula is C12H11ClN2. The number of aliphatic imine (C=N–C) groups is 1. The Hall–Kier alpha value is -1.54. The van der Waals surface area contributed by atoms with Crippen molar-refractivity contribution in [2.45, 2.75) is 0 Å². The lowest BCUT2D eigenvalue weighted by atomic mass is 10.3. The van der Waals surface area contributed by atoms with E-state index in [4.69, 9.17) is 11.6 Å². The fraction of sp³-hybridized carbons (Fsp3) is 0.0833. The third kappa shape index (κ3) is 2.70. The maximum atomic E-state index is 5.78. The highest BCUT2D eigenvalue weighted by Crippen LogP contribution is 2.16. The molecule has 0 aliphatic rings. The van der Waals surface area contributed by atoms with Crippen molar-refractivity contribution >= 4 is 23.5 Å². The van der Waals surface area contributed by atoms with Crippen molar-refractivity contribution in [1.29, 1.82) is 0 Å². The molecule has 0 fully saturated rings. The van der Waals surface area contributed by atoms with Gasteiger partial charge in [-0.1, -0.05) is 11.6 Å². The lowest BCUT2D eigenvalue weighted by Gasteiger charge is -1.92. The third-order valence-electron chi connectivity index (χ3n) is 2.04. The SMILES string of the molecule is Cn1ccc(C=Nc2ccc(Cl)cc2)c1. The average Bonchev–Trinajstić information content (AvgIpc) is 2.64. The van der Waals surface area contributed by atoms with Crippen molar-refractivity contribution in [2.75, 3.05) is 0 Å². The van der Waals surface area contributed by atoms with Crippen LogP contribution in [0.1, 0.15) is 5.56 Å². The summed E-state index contributed by atoms with van der Waals surface area (Å²) in [6.07, 6.45) is 5.84. The summed E-state index contributed by atoms with van der Waals surface area (Å²) in [7, 11) is 1.99. The smallest absolute Gasteiger partial charge is 0.0630 e. The van der Waals surface area contributed by atoms with Gasteiger partial charge in [0.1, 0.15) is 0 Å². The summed E-state index contributed by atoms with van der Waals surface area (Å²) < 4.78 is 1.99. The predicted molar refractivity (Wildman–Crippen MR) is 64.1 cm³/mol. The lowest BCUT2D eigenvalue weighted by molar-refractivity contribution is 0.927. The van der Waals surface area contributed by atoms with E-state index in [9.17, 15) is 0 Å². The highest BCUT2D eigenvalue weighted by molar-refractivity contribution is 6.30. The summed E-state index contributed by atoms with van der Waals surface area (Å²) >= 11 is 5.78. The van der Waals surface area contributed by atoms with Crippen LogP contribution in [0.2, 0.25) is 5.02 Å². The molecule has 15 heavy (non-hydrogen) atoms. The Bertz CT molecular complexity index is 469. The Morgan fingerprint density at radius 3 is 2.53 bits per heavy atom. The minimum atomic E-state index is 0.730. The van der Waals surface area contributed by atoms with Gasteiger partial charge in [-0.3, -0.25) is 4.99 Å². The quantitative estimate of drug-likeness (QED) is 0.688. The molecular weight excluding hydrogens is 208 g/mol. The van der Waals surface area contributed by atoms with E-state index < -0.39 is 0 Å². The molecule has 76 valence electrons. The minimum Gasteiger partial charge on any atom is -0.357 e. The monoisotopic (exact) mass is 218 g/mol. The summed E-state index contributed by atoms with van der Waals surface area (Å²) in [5, 5.41) is 0.730.